The number of amides is 1. The van der Waals surface area contributed by atoms with E-state index in [4.69, 9.17) is 9.47 Å². The SMILES string of the molecule is CCOC(=O)c1c(C)c(C(=O)[C@@H](C)N(CCOC)C(=O)C2CC2)c(C)n1C. The number of ketones is 1. The summed E-state index contributed by atoms with van der Waals surface area (Å²) in [5.41, 5.74) is 2.15. The Balaban J connectivity index is 2.35. The molecule has 1 aliphatic carbocycles. The molecule has 1 atom stereocenters. The molecule has 0 aromatic carbocycles. The van der Waals surface area contributed by atoms with Crippen molar-refractivity contribution in [1.82, 2.24) is 9.47 Å². The van der Waals surface area contributed by atoms with Crippen LogP contribution in [0.3, 0.4) is 0 Å². The second-order valence-electron chi connectivity index (χ2n) is 7.05. The van der Waals surface area contributed by atoms with Crippen LogP contribution in [0.2, 0.25) is 0 Å². The molecule has 1 amide bonds. The number of rotatable bonds is 9. The lowest BCUT2D eigenvalue weighted by Gasteiger charge is -2.28. The Morgan fingerprint density at radius 3 is 2.41 bits per heavy atom. The molecule has 0 N–H and O–H groups in total. The number of carbonyl (C=O) groups excluding carboxylic acids is 3. The number of Topliss-reactive ketones (excluding diaryl/α,β-unsaturated/α-hetero) is 1. The topological polar surface area (TPSA) is 77.8 Å². The van der Waals surface area contributed by atoms with Crippen LogP contribution >= 0.6 is 0 Å². The second kappa shape index (κ2) is 8.69. The molecule has 0 saturated heterocycles. The zero-order valence-electron chi connectivity index (χ0n) is 17.1. The van der Waals surface area contributed by atoms with Gasteiger partial charge in [-0.25, -0.2) is 4.79 Å². The van der Waals surface area contributed by atoms with Crippen molar-refractivity contribution in [3.63, 3.8) is 0 Å². The van der Waals surface area contributed by atoms with Gasteiger partial charge < -0.3 is 18.9 Å². The van der Waals surface area contributed by atoms with E-state index in [0.29, 0.717) is 35.7 Å². The molecule has 1 aliphatic rings. The molecule has 1 saturated carbocycles. The highest BCUT2D eigenvalue weighted by molar-refractivity contribution is 6.06. The molecule has 150 valence electrons. The monoisotopic (exact) mass is 378 g/mol. The number of carbonyl (C=O) groups is 3. The van der Waals surface area contributed by atoms with Crippen molar-refractivity contribution >= 4 is 17.7 Å². The van der Waals surface area contributed by atoms with Crippen molar-refractivity contribution in [3.8, 4) is 0 Å². The average molecular weight is 378 g/mol. The Kier molecular flexibility index (Phi) is 6.81. The van der Waals surface area contributed by atoms with Crippen molar-refractivity contribution < 1.29 is 23.9 Å². The second-order valence-corrected chi connectivity index (χ2v) is 7.05. The number of esters is 1. The van der Waals surface area contributed by atoms with Gasteiger partial charge in [0.2, 0.25) is 5.91 Å². The van der Waals surface area contributed by atoms with Gasteiger partial charge in [0.1, 0.15) is 5.69 Å². The smallest absolute Gasteiger partial charge is 0.355 e. The summed E-state index contributed by atoms with van der Waals surface area (Å²) in [6.07, 6.45) is 1.75. The molecule has 0 bridgehead atoms. The molecule has 0 spiro atoms. The molecular formula is C20H30N2O5. The summed E-state index contributed by atoms with van der Waals surface area (Å²) >= 11 is 0. The predicted octanol–water partition coefficient (Wildman–Crippen LogP) is 2.27. The summed E-state index contributed by atoms with van der Waals surface area (Å²) in [4.78, 5) is 39.8. The van der Waals surface area contributed by atoms with E-state index in [2.05, 4.69) is 0 Å². The van der Waals surface area contributed by atoms with Crippen LogP contribution in [0.1, 0.15) is 58.8 Å². The minimum absolute atomic E-state index is 0.00440. The molecule has 7 heteroatoms. The van der Waals surface area contributed by atoms with E-state index in [-0.39, 0.29) is 24.2 Å². The van der Waals surface area contributed by atoms with Crippen molar-refractivity contribution in [1.29, 1.82) is 0 Å². The highest BCUT2D eigenvalue weighted by atomic mass is 16.5. The van der Waals surface area contributed by atoms with Crippen LogP contribution < -0.4 is 0 Å². The Bertz CT molecular complexity index is 733. The Labute approximate surface area is 160 Å². The van der Waals surface area contributed by atoms with Gasteiger partial charge in [0.05, 0.1) is 19.3 Å². The van der Waals surface area contributed by atoms with Crippen LogP contribution in [0, 0.1) is 19.8 Å². The lowest BCUT2D eigenvalue weighted by molar-refractivity contribution is -0.134. The minimum Gasteiger partial charge on any atom is -0.461 e. The number of nitrogens with zero attached hydrogens (tertiary/aromatic N) is 2. The largest absolute Gasteiger partial charge is 0.461 e. The van der Waals surface area contributed by atoms with Crippen LogP contribution in [0.4, 0.5) is 0 Å². The van der Waals surface area contributed by atoms with Crippen LogP contribution in [-0.2, 0) is 21.3 Å². The molecule has 0 aliphatic heterocycles. The summed E-state index contributed by atoms with van der Waals surface area (Å²) in [7, 11) is 3.32. The molecule has 1 heterocycles. The predicted molar refractivity (Wildman–Crippen MR) is 101 cm³/mol. The molecular weight excluding hydrogens is 348 g/mol. The molecule has 7 nitrogen and oxygen atoms in total. The molecule has 0 radical (unpaired) electrons. The Morgan fingerprint density at radius 2 is 1.89 bits per heavy atom. The zero-order chi connectivity index (χ0) is 20.3. The van der Waals surface area contributed by atoms with E-state index in [9.17, 15) is 14.4 Å². The lowest BCUT2D eigenvalue weighted by Crippen LogP contribution is -2.46. The molecule has 27 heavy (non-hydrogen) atoms. The molecule has 1 aromatic rings. The van der Waals surface area contributed by atoms with Crippen molar-refractivity contribution in [3.05, 3.63) is 22.5 Å². The molecule has 1 fully saturated rings. The fraction of sp³-hybridized carbons (Fsp3) is 0.650. The molecule has 1 aromatic heterocycles. The highest BCUT2D eigenvalue weighted by Crippen LogP contribution is 2.32. The minimum atomic E-state index is -0.622. The fourth-order valence-electron chi connectivity index (χ4n) is 3.43. The number of hydrogen-bond donors (Lipinski definition) is 0. The van der Waals surface area contributed by atoms with E-state index < -0.39 is 12.0 Å². The Morgan fingerprint density at radius 1 is 1.26 bits per heavy atom. The van der Waals surface area contributed by atoms with Crippen molar-refractivity contribution in [2.24, 2.45) is 13.0 Å². The zero-order valence-corrected chi connectivity index (χ0v) is 17.1. The highest BCUT2D eigenvalue weighted by Gasteiger charge is 2.38. The summed E-state index contributed by atoms with van der Waals surface area (Å²) in [5.74, 6) is -0.589. The maximum absolute atomic E-state index is 13.3. The van der Waals surface area contributed by atoms with Gasteiger partial charge in [-0.3, -0.25) is 9.59 Å². The number of methoxy groups -OCH3 is 1. The number of ether oxygens (including phenoxy) is 2. The number of aromatic nitrogens is 1. The first kappa shape index (κ1) is 21.2. The van der Waals surface area contributed by atoms with Gasteiger partial charge in [-0.15, -0.1) is 0 Å². The summed E-state index contributed by atoms with van der Waals surface area (Å²) in [5, 5.41) is 0. The van der Waals surface area contributed by atoms with Crippen LogP contribution in [0.5, 0.6) is 0 Å². The number of hydrogen-bond acceptors (Lipinski definition) is 5. The maximum Gasteiger partial charge on any atom is 0.355 e. The van der Waals surface area contributed by atoms with Crippen LogP contribution in [0.15, 0.2) is 0 Å². The first-order valence-corrected chi connectivity index (χ1v) is 9.42. The van der Waals surface area contributed by atoms with Gasteiger partial charge >= 0.3 is 5.97 Å². The third kappa shape index (κ3) is 4.24. The van der Waals surface area contributed by atoms with Gasteiger partial charge in [-0.1, -0.05) is 0 Å². The van der Waals surface area contributed by atoms with Crippen molar-refractivity contribution in [2.45, 2.75) is 46.6 Å². The summed E-state index contributed by atoms with van der Waals surface area (Å²) < 4.78 is 11.9. The van der Waals surface area contributed by atoms with E-state index in [1.165, 1.54) is 0 Å². The first-order valence-electron chi connectivity index (χ1n) is 9.42. The molecule has 0 unspecified atom stereocenters. The normalized spacial score (nSPS) is 14.7. The van der Waals surface area contributed by atoms with Gasteiger partial charge in [-0.2, -0.15) is 0 Å². The fourth-order valence-corrected chi connectivity index (χ4v) is 3.43. The lowest BCUT2D eigenvalue weighted by atomic mass is 9.99. The van der Waals surface area contributed by atoms with E-state index >= 15 is 0 Å². The summed E-state index contributed by atoms with van der Waals surface area (Å²) in [6.45, 7) is 8.05. The maximum atomic E-state index is 13.3. The quantitative estimate of drug-likeness (QED) is 0.487. The van der Waals surface area contributed by atoms with E-state index in [1.54, 1.807) is 51.3 Å². The average Bonchev–Trinajstić information content (AvgIpc) is 3.43. The van der Waals surface area contributed by atoms with E-state index in [0.717, 1.165) is 12.8 Å². The van der Waals surface area contributed by atoms with Gasteiger partial charge in [-0.05, 0) is 46.1 Å². The summed E-state index contributed by atoms with van der Waals surface area (Å²) in [6, 6.07) is -0.622. The Hall–Kier alpha value is -2.15. The standard InChI is InChI=1S/C20H30N2O5/c1-7-27-20(25)17-12(2)16(13(3)21(17)5)18(23)14(4)22(10-11-26-6)19(24)15-8-9-15/h14-15H,7-11H2,1-6H3/t14-/m1/s1. The molecule has 2 rings (SSSR count). The third-order valence-corrected chi connectivity index (χ3v) is 5.24. The van der Waals surface area contributed by atoms with Gasteiger partial charge in [0, 0.05) is 37.9 Å². The third-order valence-electron chi connectivity index (χ3n) is 5.24. The van der Waals surface area contributed by atoms with Crippen LogP contribution in [0.25, 0.3) is 0 Å². The first-order chi connectivity index (χ1) is 12.8. The van der Waals surface area contributed by atoms with E-state index in [1.807, 2.05) is 0 Å². The van der Waals surface area contributed by atoms with Crippen LogP contribution in [-0.4, -0.2) is 60.0 Å². The van der Waals surface area contributed by atoms with Crippen molar-refractivity contribution in [2.75, 3.05) is 26.9 Å². The van der Waals surface area contributed by atoms with Gasteiger partial charge in [0.15, 0.2) is 5.78 Å². The van der Waals surface area contributed by atoms with Gasteiger partial charge in [0.25, 0.3) is 0 Å².